The lowest BCUT2D eigenvalue weighted by molar-refractivity contribution is 0.0952. The summed E-state index contributed by atoms with van der Waals surface area (Å²) >= 11 is 6.56. The van der Waals surface area contributed by atoms with Crippen LogP contribution in [-0.2, 0) is 0 Å². The lowest BCUT2D eigenvalue weighted by atomic mass is 10.1. The smallest absolute Gasteiger partial charge is 0.271 e. The number of thiophene rings is 1. The van der Waals surface area contributed by atoms with Gasteiger partial charge in [-0.15, -0.1) is 22.7 Å². The second-order valence-corrected chi connectivity index (χ2v) is 7.96. The highest BCUT2D eigenvalue weighted by atomic mass is 79.9. The maximum absolute atomic E-state index is 12.1. The maximum Gasteiger partial charge on any atom is 0.271 e. The van der Waals surface area contributed by atoms with Gasteiger partial charge in [0.15, 0.2) is 0 Å². The Kier molecular flexibility index (Phi) is 4.84. The zero-order chi connectivity index (χ0) is 14.7. The molecule has 3 rings (SSSR count). The van der Waals surface area contributed by atoms with E-state index in [-0.39, 0.29) is 5.91 Å². The Morgan fingerprint density at radius 2 is 2.38 bits per heavy atom. The molecular weight excluding hydrogens is 370 g/mol. The Balaban J connectivity index is 1.62. The Hall–Kier alpha value is -1.02. The fraction of sp³-hybridized carbons (Fsp3) is 0.286. The summed E-state index contributed by atoms with van der Waals surface area (Å²) in [6.07, 6.45) is 3.13. The summed E-state index contributed by atoms with van der Waals surface area (Å²) in [5.74, 6) is -0.104. The van der Waals surface area contributed by atoms with Gasteiger partial charge < -0.3 is 10.6 Å². The van der Waals surface area contributed by atoms with Crippen molar-refractivity contribution in [3.05, 3.63) is 38.6 Å². The molecule has 2 N–H and O–H groups in total. The fourth-order valence-corrected chi connectivity index (χ4v) is 4.29. The van der Waals surface area contributed by atoms with E-state index >= 15 is 0 Å². The first kappa shape index (κ1) is 14.9. The summed E-state index contributed by atoms with van der Waals surface area (Å²) in [6, 6.07) is 4.00. The van der Waals surface area contributed by atoms with Crippen molar-refractivity contribution < 1.29 is 4.79 Å². The summed E-state index contributed by atoms with van der Waals surface area (Å²) in [5.41, 5.74) is 1.77. The molecule has 110 valence electrons. The largest absolute Gasteiger partial charge is 0.347 e. The third-order valence-corrected chi connectivity index (χ3v) is 5.79. The minimum atomic E-state index is -0.104. The molecule has 0 aliphatic carbocycles. The highest BCUT2D eigenvalue weighted by molar-refractivity contribution is 9.11. The van der Waals surface area contributed by atoms with Gasteiger partial charge in [-0.3, -0.25) is 4.79 Å². The normalized spacial score (nSPS) is 14.8. The number of carbonyl (C=O) groups is 1. The van der Waals surface area contributed by atoms with Crippen LogP contribution in [0.4, 0.5) is 0 Å². The van der Waals surface area contributed by atoms with Gasteiger partial charge in [0.05, 0.1) is 8.66 Å². The van der Waals surface area contributed by atoms with E-state index in [2.05, 4.69) is 37.6 Å². The van der Waals surface area contributed by atoms with E-state index in [1.807, 2.05) is 17.5 Å². The van der Waals surface area contributed by atoms with Crippen LogP contribution in [0.25, 0.3) is 9.88 Å². The number of hydrogen-bond acceptors (Lipinski definition) is 5. The summed E-state index contributed by atoms with van der Waals surface area (Å²) in [5, 5.41) is 8.90. The number of halogens is 1. The van der Waals surface area contributed by atoms with Gasteiger partial charge in [0.2, 0.25) is 0 Å². The average Bonchev–Trinajstić information content (AvgIpc) is 3.14. The summed E-state index contributed by atoms with van der Waals surface area (Å²) in [6.45, 7) is 2.48. The molecule has 1 aliphatic rings. The van der Waals surface area contributed by atoms with Crippen LogP contribution in [0.3, 0.4) is 0 Å². The fourth-order valence-electron chi connectivity index (χ4n) is 2.03. The van der Waals surface area contributed by atoms with Gasteiger partial charge in [0.1, 0.15) is 10.7 Å². The van der Waals surface area contributed by atoms with E-state index in [1.165, 1.54) is 16.9 Å². The predicted molar refractivity (Wildman–Crippen MR) is 91.0 cm³/mol. The zero-order valence-corrected chi connectivity index (χ0v) is 14.4. The Morgan fingerprint density at radius 3 is 3.10 bits per heavy atom. The molecule has 0 radical (unpaired) electrons. The summed E-state index contributed by atoms with van der Waals surface area (Å²) in [4.78, 5) is 17.6. The highest BCUT2D eigenvalue weighted by Gasteiger charge is 2.13. The number of rotatable bonds is 4. The molecule has 2 aromatic heterocycles. The molecule has 21 heavy (non-hydrogen) atoms. The Labute approximate surface area is 139 Å². The quantitative estimate of drug-likeness (QED) is 0.796. The van der Waals surface area contributed by atoms with E-state index in [4.69, 9.17) is 0 Å². The third kappa shape index (κ3) is 3.79. The molecule has 0 aromatic carbocycles. The van der Waals surface area contributed by atoms with Crippen molar-refractivity contribution in [2.45, 2.75) is 6.42 Å². The van der Waals surface area contributed by atoms with Crippen LogP contribution in [0.1, 0.15) is 16.9 Å². The molecule has 0 saturated heterocycles. The van der Waals surface area contributed by atoms with Crippen LogP contribution in [0, 0.1) is 0 Å². The monoisotopic (exact) mass is 383 g/mol. The molecule has 2 aromatic rings. The lowest BCUT2D eigenvalue weighted by Crippen LogP contribution is -2.29. The first-order valence-electron chi connectivity index (χ1n) is 6.60. The first-order chi connectivity index (χ1) is 10.2. The Bertz CT molecular complexity index is 677. The number of aromatic nitrogens is 1. The number of thiazole rings is 1. The van der Waals surface area contributed by atoms with Gasteiger partial charge >= 0.3 is 0 Å². The maximum atomic E-state index is 12.1. The average molecular weight is 384 g/mol. The molecule has 0 unspecified atom stereocenters. The van der Waals surface area contributed by atoms with Gasteiger partial charge in [0.25, 0.3) is 5.91 Å². The van der Waals surface area contributed by atoms with Crippen molar-refractivity contribution in [2.75, 3.05) is 19.6 Å². The van der Waals surface area contributed by atoms with Crippen molar-refractivity contribution >= 4 is 44.5 Å². The molecule has 0 bridgehead atoms. The SMILES string of the molecule is O=C(NCC1=CCNCC1)c1csc(-c2ccc(Br)s2)n1. The third-order valence-electron chi connectivity index (χ3n) is 3.15. The first-order valence-corrected chi connectivity index (χ1v) is 9.09. The van der Waals surface area contributed by atoms with E-state index in [1.54, 1.807) is 11.3 Å². The molecule has 4 nitrogen and oxygen atoms in total. The lowest BCUT2D eigenvalue weighted by Gasteiger charge is -2.14. The topological polar surface area (TPSA) is 54.0 Å². The van der Waals surface area contributed by atoms with Crippen LogP contribution in [0.5, 0.6) is 0 Å². The molecule has 0 atom stereocenters. The highest BCUT2D eigenvalue weighted by Crippen LogP contribution is 2.33. The van der Waals surface area contributed by atoms with Crippen molar-refractivity contribution in [1.29, 1.82) is 0 Å². The van der Waals surface area contributed by atoms with Gasteiger partial charge in [-0.25, -0.2) is 4.98 Å². The number of amides is 1. The molecule has 0 spiro atoms. The second-order valence-electron chi connectivity index (χ2n) is 4.64. The van der Waals surface area contributed by atoms with E-state index in [0.29, 0.717) is 12.2 Å². The van der Waals surface area contributed by atoms with Crippen LogP contribution < -0.4 is 10.6 Å². The van der Waals surface area contributed by atoms with Crippen LogP contribution in [0.15, 0.2) is 32.9 Å². The predicted octanol–water partition coefficient (Wildman–Crippen LogP) is 3.28. The van der Waals surface area contributed by atoms with Crippen LogP contribution in [0.2, 0.25) is 0 Å². The van der Waals surface area contributed by atoms with Crippen molar-refractivity contribution in [2.24, 2.45) is 0 Å². The molecule has 1 aliphatic heterocycles. The molecule has 7 heteroatoms. The molecule has 1 amide bonds. The van der Waals surface area contributed by atoms with E-state index in [0.717, 1.165) is 33.2 Å². The van der Waals surface area contributed by atoms with Crippen molar-refractivity contribution in [3.8, 4) is 9.88 Å². The van der Waals surface area contributed by atoms with Crippen LogP contribution in [-0.4, -0.2) is 30.5 Å². The van der Waals surface area contributed by atoms with Gasteiger partial charge in [-0.1, -0.05) is 11.6 Å². The molecule has 3 heterocycles. The standard InChI is InChI=1S/C14H14BrN3OS2/c15-12-2-1-11(21-12)14-18-10(8-20-14)13(19)17-7-9-3-5-16-6-4-9/h1-3,8,16H,4-7H2,(H,17,19). The summed E-state index contributed by atoms with van der Waals surface area (Å²) in [7, 11) is 0. The van der Waals surface area contributed by atoms with Gasteiger partial charge in [-0.05, 0) is 41.0 Å². The summed E-state index contributed by atoms with van der Waals surface area (Å²) < 4.78 is 1.07. The van der Waals surface area contributed by atoms with Crippen LogP contribution >= 0.6 is 38.6 Å². The number of carbonyl (C=O) groups excluding carboxylic acids is 1. The molecular formula is C14H14BrN3OS2. The molecule has 0 saturated carbocycles. The Morgan fingerprint density at radius 1 is 1.48 bits per heavy atom. The van der Waals surface area contributed by atoms with E-state index < -0.39 is 0 Å². The van der Waals surface area contributed by atoms with Crippen molar-refractivity contribution in [1.82, 2.24) is 15.6 Å². The van der Waals surface area contributed by atoms with Crippen molar-refractivity contribution in [3.63, 3.8) is 0 Å². The van der Waals surface area contributed by atoms with E-state index in [9.17, 15) is 4.79 Å². The van der Waals surface area contributed by atoms with Gasteiger partial charge in [-0.2, -0.15) is 0 Å². The number of nitrogens with one attached hydrogen (secondary N) is 2. The second kappa shape index (κ2) is 6.83. The number of nitrogens with zero attached hydrogens (tertiary/aromatic N) is 1. The minimum Gasteiger partial charge on any atom is -0.347 e. The zero-order valence-electron chi connectivity index (χ0n) is 11.2. The van der Waals surface area contributed by atoms with Gasteiger partial charge in [0, 0.05) is 18.5 Å². The minimum absolute atomic E-state index is 0.104. The molecule has 0 fully saturated rings. The number of hydrogen-bond donors (Lipinski definition) is 2.